The van der Waals surface area contributed by atoms with Gasteiger partial charge in [0.2, 0.25) is 5.91 Å². The van der Waals surface area contributed by atoms with Gasteiger partial charge in [-0.3, -0.25) is 9.69 Å². The van der Waals surface area contributed by atoms with Gasteiger partial charge in [-0.25, -0.2) is 0 Å². The van der Waals surface area contributed by atoms with Crippen molar-refractivity contribution in [2.45, 2.75) is 52.6 Å². The molecule has 1 heterocycles. The maximum atomic E-state index is 12.4. The van der Waals surface area contributed by atoms with Gasteiger partial charge in [-0.05, 0) is 66.6 Å². The number of nitrogens with one attached hydrogen (secondary N) is 1. The Labute approximate surface area is 118 Å². The van der Waals surface area contributed by atoms with E-state index in [4.69, 9.17) is 0 Å². The van der Waals surface area contributed by atoms with Crippen LogP contribution in [0.15, 0.2) is 0 Å². The van der Waals surface area contributed by atoms with E-state index < -0.39 is 0 Å². The zero-order valence-electron chi connectivity index (χ0n) is 13.3. The van der Waals surface area contributed by atoms with Gasteiger partial charge in [-0.15, -0.1) is 0 Å². The summed E-state index contributed by atoms with van der Waals surface area (Å²) in [5, 5.41) is 3.38. The van der Waals surface area contributed by atoms with Crippen molar-refractivity contribution in [1.82, 2.24) is 15.1 Å². The van der Waals surface area contributed by atoms with Crippen molar-refractivity contribution >= 4 is 5.91 Å². The fraction of sp³-hybridized carbons (Fsp3) is 0.933. The maximum absolute atomic E-state index is 12.4. The van der Waals surface area contributed by atoms with Crippen LogP contribution in [0.1, 0.15) is 40.5 Å². The van der Waals surface area contributed by atoms with Crippen molar-refractivity contribution in [2.24, 2.45) is 5.92 Å². The first-order valence-corrected chi connectivity index (χ1v) is 7.62. The third-order valence-electron chi connectivity index (χ3n) is 3.83. The van der Waals surface area contributed by atoms with Gasteiger partial charge in [-0.2, -0.15) is 0 Å². The van der Waals surface area contributed by atoms with E-state index in [0.717, 1.165) is 25.6 Å². The van der Waals surface area contributed by atoms with Crippen molar-refractivity contribution in [3.05, 3.63) is 0 Å². The van der Waals surface area contributed by atoms with Gasteiger partial charge in [-0.1, -0.05) is 0 Å². The fourth-order valence-electron chi connectivity index (χ4n) is 3.05. The van der Waals surface area contributed by atoms with Crippen LogP contribution in [0.3, 0.4) is 0 Å². The van der Waals surface area contributed by atoms with Crippen molar-refractivity contribution < 1.29 is 4.79 Å². The van der Waals surface area contributed by atoms with Crippen LogP contribution in [-0.2, 0) is 4.79 Å². The van der Waals surface area contributed by atoms with E-state index >= 15 is 0 Å². The molecule has 112 valence electrons. The lowest BCUT2D eigenvalue weighted by Crippen LogP contribution is -2.47. The normalized spacial score (nSPS) is 17.5. The summed E-state index contributed by atoms with van der Waals surface area (Å²) in [7, 11) is 2.07. The number of likely N-dealkylation sites (N-methyl/N-ethyl adjacent to an activating group) is 1. The minimum atomic E-state index is 0.251. The molecule has 0 aromatic carbocycles. The zero-order chi connectivity index (χ0) is 14.4. The summed E-state index contributed by atoms with van der Waals surface area (Å²) in [6.45, 7) is 12.2. The van der Waals surface area contributed by atoms with Crippen molar-refractivity contribution in [3.63, 3.8) is 0 Å². The summed E-state index contributed by atoms with van der Waals surface area (Å²) >= 11 is 0. The quantitative estimate of drug-likeness (QED) is 0.795. The summed E-state index contributed by atoms with van der Waals surface area (Å²) in [6.07, 6.45) is 2.47. The molecule has 0 saturated carbocycles. The summed E-state index contributed by atoms with van der Waals surface area (Å²) in [5.41, 5.74) is 0. The lowest BCUT2D eigenvalue weighted by Gasteiger charge is -2.33. The van der Waals surface area contributed by atoms with Crippen LogP contribution in [0.5, 0.6) is 0 Å². The first-order valence-electron chi connectivity index (χ1n) is 7.62. The lowest BCUT2D eigenvalue weighted by atomic mass is 9.98. The SMILES string of the molecule is CC(C)N(C(=O)CN(C)CC1CCNCC1)C(C)C. The fourth-order valence-corrected chi connectivity index (χ4v) is 3.05. The van der Waals surface area contributed by atoms with E-state index in [1.807, 2.05) is 4.90 Å². The molecule has 0 atom stereocenters. The Morgan fingerprint density at radius 2 is 1.68 bits per heavy atom. The number of piperidine rings is 1. The van der Waals surface area contributed by atoms with E-state index in [1.54, 1.807) is 0 Å². The van der Waals surface area contributed by atoms with Gasteiger partial charge in [0.25, 0.3) is 0 Å². The average molecular weight is 269 g/mol. The second-order valence-corrected chi connectivity index (χ2v) is 6.38. The Kier molecular flexibility index (Phi) is 6.80. The molecule has 4 nitrogen and oxygen atoms in total. The Hall–Kier alpha value is -0.610. The molecule has 0 aliphatic carbocycles. The Morgan fingerprint density at radius 1 is 1.16 bits per heavy atom. The number of rotatable bonds is 6. The van der Waals surface area contributed by atoms with Crippen LogP contribution in [0.2, 0.25) is 0 Å². The molecule has 0 aromatic heterocycles. The van der Waals surface area contributed by atoms with E-state index in [9.17, 15) is 4.79 Å². The highest BCUT2D eigenvalue weighted by Gasteiger charge is 2.22. The van der Waals surface area contributed by atoms with E-state index in [0.29, 0.717) is 6.54 Å². The number of carbonyl (C=O) groups is 1. The van der Waals surface area contributed by atoms with Crippen molar-refractivity contribution in [2.75, 3.05) is 33.2 Å². The molecular formula is C15H31N3O. The molecule has 1 saturated heterocycles. The molecule has 4 heteroatoms. The topological polar surface area (TPSA) is 35.6 Å². The molecule has 0 unspecified atom stereocenters. The molecule has 0 bridgehead atoms. The standard InChI is InChI=1S/C15H31N3O/c1-12(2)18(13(3)4)15(19)11-17(5)10-14-6-8-16-9-7-14/h12-14,16H,6-11H2,1-5H3. The molecule has 1 fully saturated rings. The smallest absolute Gasteiger partial charge is 0.237 e. The van der Waals surface area contributed by atoms with Gasteiger partial charge in [0.15, 0.2) is 0 Å². The lowest BCUT2D eigenvalue weighted by molar-refractivity contribution is -0.135. The number of amides is 1. The number of hydrogen-bond acceptors (Lipinski definition) is 3. The predicted octanol–water partition coefficient (Wildman–Crippen LogP) is 1.56. The Balaban J connectivity index is 2.41. The second kappa shape index (κ2) is 7.85. The summed E-state index contributed by atoms with van der Waals surface area (Å²) in [5.74, 6) is 0.993. The number of hydrogen-bond donors (Lipinski definition) is 1. The Morgan fingerprint density at radius 3 is 2.16 bits per heavy atom. The Bertz CT molecular complexity index is 265. The number of nitrogens with zero attached hydrogens (tertiary/aromatic N) is 2. The molecule has 1 N–H and O–H groups in total. The number of carbonyl (C=O) groups excluding carboxylic acids is 1. The molecule has 19 heavy (non-hydrogen) atoms. The molecule has 1 amide bonds. The van der Waals surface area contributed by atoms with Gasteiger partial charge in [0.05, 0.1) is 6.54 Å². The second-order valence-electron chi connectivity index (χ2n) is 6.38. The van der Waals surface area contributed by atoms with Crippen LogP contribution < -0.4 is 5.32 Å². The van der Waals surface area contributed by atoms with Gasteiger partial charge in [0.1, 0.15) is 0 Å². The predicted molar refractivity (Wildman–Crippen MR) is 80.2 cm³/mol. The molecule has 1 aliphatic rings. The summed E-state index contributed by atoms with van der Waals surface area (Å²) < 4.78 is 0. The van der Waals surface area contributed by atoms with Crippen LogP contribution >= 0.6 is 0 Å². The first-order chi connectivity index (χ1) is 8.91. The van der Waals surface area contributed by atoms with Crippen molar-refractivity contribution in [3.8, 4) is 0 Å². The first kappa shape index (κ1) is 16.4. The highest BCUT2D eigenvalue weighted by molar-refractivity contribution is 5.78. The van der Waals surface area contributed by atoms with Crippen LogP contribution in [0.4, 0.5) is 0 Å². The maximum Gasteiger partial charge on any atom is 0.237 e. The molecular weight excluding hydrogens is 238 g/mol. The summed E-state index contributed by atoms with van der Waals surface area (Å²) in [4.78, 5) is 16.5. The van der Waals surface area contributed by atoms with E-state index in [-0.39, 0.29) is 18.0 Å². The third kappa shape index (κ3) is 5.49. The van der Waals surface area contributed by atoms with Gasteiger partial charge < -0.3 is 10.2 Å². The molecule has 0 aromatic rings. The largest absolute Gasteiger partial charge is 0.337 e. The van der Waals surface area contributed by atoms with Crippen LogP contribution in [0, 0.1) is 5.92 Å². The molecule has 1 aliphatic heterocycles. The van der Waals surface area contributed by atoms with E-state index in [2.05, 4.69) is 45.0 Å². The zero-order valence-corrected chi connectivity index (χ0v) is 13.3. The average Bonchev–Trinajstić information content (AvgIpc) is 2.28. The van der Waals surface area contributed by atoms with Crippen molar-refractivity contribution in [1.29, 1.82) is 0 Å². The minimum absolute atomic E-state index is 0.251. The van der Waals surface area contributed by atoms with Crippen LogP contribution in [0.25, 0.3) is 0 Å². The minimum Gasteiger partial charge on any atom is -0.337 e. The molecule has 0 radical (unpaired) electrons. The summed E-state index contributed by atoms with van der Waals surface area (Å²) in [6, 6.07) is 0.555. The highest BCUT2D eigenvalue weighted by Crippen LogP contribution is 2.13. The molecule has 0 spiro atoms. The highest BCUT2D eigenvalue weighted by atomic mass is 16.2. The van der Waals surface area contributed by atoms with Crippen LogP contribution in [-0.4, -0.2) is 61.0 Å². The molecule has 1 rings (SSSR count). The third-order valence-corrected chi connectivity index (χ3v) is 3.83. The van der Waals surface area contributed by atoms with Gasteiger partial charge >= 0.3 is 0 Å². The van der Waals surface area contributed by atoms with Gasteiger partial charge in [0, 0.05) is 18.6 Å². The van der Waals surface area contributed by atoms with E-state index in [1.165, 1.54) is 12.8 Å². The monoisotopic (exact) mass is 269 g/mol.